The summed E-state index contributed by atoms with van der Waals surface area (Å²) in [6.45, 7) is 1.34. The van der Waals surface area contributed by atoms with Gasteiger partial charge in [-0.2, -0.15) is 18.4 Å². The Bertz CT molecular complexity index is 912. The molecule has 27 heavy (non-hydrogen) atoms. The van der Waals surface area contributed by atoms with Crippen molar-refractivity contribution in [1.29, 1.82) is 5.26 Å². The van der Waals surface area contributed by atoms with Gasteiger partial charge in [0, 0.05) is 5.69 Å². The van der Waals surface area contributed by atoms with Crippen LogP contribution in [0, 0.1) is 18.3 Å². The highest BCUT2D eigenvalue weighted by atomic mass is 32.2. The van der Waals surface area contributed by atoms with E-state index in [-0.39, 0.29) is 33.5 Å². The SMILES string of the molecule is CSc1nc(N)nc(SCC(=O)Nc2ccc(C)c(C(F)(F)F)c2)c1C#N. The van der Waals surface area contributed by atoms with Crippen molar-refractivity contribution in [2.24, 2.45) is 0 Å². The quantitative estimate of drug-likeness (QED) is 0.569. The topological polar surface area (TPSA) is 105 Å². The Balaban J connectivity index is 2.12. The molecule has 0 bridgehead atoms. The number of alkyl halides is 3. The Kier molecular flexibility index (Phi) is 6.56. The number of amides is 1. The van der Waals surface area contributed by atoms with Gasteiger partial charge in [-0.3, -0.25) is 4.79 Å². The molecule has 0 unspecified atom stereocenters. The van der Waals surface area contributed by atoms with Crippen LogP contribution in [0.1, 0.15) is 16.7 Å². The first-order chi connectivity index (χ1) is 12.7. The monoisotopic (exact) mass is 413 g/mol. The Hall–Kier alpha value is -2.45. The molecule has 1 aromatic carbocycles. The Morgan fingerprint density at radius 3 is 2.59 bits per heavy atom. The molecule has 0 saturated heterocycles. The van der Waals surface area contributed by atoms with Gasteiger partial charge in [-0.05, 0) is 30.9 Å². The summed E-state index contributed by atoms with van der Waals surface area (Å²) >= 11 is 2.17. The average Bonchev–Trinajstić information content (AvgIpc) is 2.60. The lowest BCUT2D eigenvalue weighted by atomic mass is 10.1. The molecule has 2 aromatic rings. The molecule has 3 N–H and O–H groups in total. The van der Waals surface area contributed by atoms with Crippen molar-refractivity contribution in [3.63, 3.8) is 0 Å². The molecule has 0 aliphatic carbocycles. The first-order valence-corrected chi connectivity index (χ1v) is 9.58. The smallest absolute Gasteiger partial charge is 0.368 e. The third-order valence-electron chi connectivity index (χ3n) is 3.33. The van der Waals surface area contributed by atoms with Gasteiger partial charge in [-0.25, -0.2) is 9.97 Å². The third kappa shape index (κ3) is 5.27. The van der Waals surface area contributed by atoms with E-state index in [2.05, 4.69) is 15.3 Å². The van der Waals surface area contributed by atoms with E-state index in [4.69, 9.17) is 5.73 Å². The summed E-state index contributed by atoms with van der Waals surface area (Å²) in [6, 6.07) is 5.53. The molecule has 6 nitrogen and oxygen atoms in total. The van der Waals surface area contributed by atoms with Gasteiger partial charge in [0.1, 0.15) is 21.7 Å². The maximum Gasteiger partial charge on any atom is 0.416 e. The highest BCUT2D eigenvalue weighted by molar-refractivity contribution is 8.00. The number of hydrogen-bond acceptors (Lipinski definition) is 7. The number of carbonyl (C=O) groups is 1. The lowest BCUT2D eigenvalue weighted by Crippen LogP contribution is -2.16. The zero-order chi connectivity index (χ0) is 20.2. The number of nitrogen functional groups attached to an aromatic ring is 1. The molecule has 0 aliphatic rings. The van der Waals surface area contributed by atoms with E-state index < -0.39 is 17.6 Å². The molecule has 11 heteroatoms. The Labute approximate surface area is 161 Å². The van der Waals surface area contributed by atoms with E-state index in [0.717, 1.165) is 17.8 Å². The zero-order valence-corrected chi connectivity index (χ0v) is 15.8. The van der Waals surface area contributed by atoms with Crippen molar-refractivity contribution in [2.75, 3.05) is 23.1 Å². The minimum atomic E-state index is -4.51. The van der Waals surface area contributed by atoms with Crippen LogP contribution in [0.3, 0.4) is 0 Å². The van der Waals surface area contributed by atoms with Gasteiger partial charge >= 0.3 is 6.18 Å². The molecule has 0 fully saturated rings. The third-order valence-corrected chi connectivity index (χ3v) is 4.99. The van der Waals surface area contributed by atoms with Crippen LogP contribution in [0.15, 0.2) is 28.3 Å². The minimum absolute atomic E-state index is 0.0328. The average molecular weight is 413 g/mol. The lowest BCUT2D eigenvalue weighted by Gasteiger charge is -2.13. The van der Waals surface area contributed by atoms with Crippen molar-refractivity contribution in [1.82, 2.24) is 9.97 Å². The second-order valence-electron chi connectivity index (χ2n) is 5.25. The molecule has 1 aromatic heterocycles. The van der Waals surface area contributed by atoms with E-state index >= 15 is 0 Å². The fourth-order valence-electron chi connectivity index (χ4n) is 2.12. The van der Waals surface area contributed by atoms with Gasteiger partial charge < -0.3 is 11.1 Å². The molecule has 0 saturated carbocycles. The lowest BCUT2D eigenvalue weighted by molar-refractivity contribution is -0.138. The fourth-order valence-corrected chi connectivity index (χ4v) is 3.50. The second kappa shape index (κ2) is 8.49. The van der Waals surface area contributed by atoms with Crippen LogP contribution >= 0.6 is 23.5 Å². The summed E-state index contributed by atoms with van der Waals surface area (Å²) in [4.78, 5) is 20.0. The molecule has 0 spiro atoms. The van der Waals surface area contributed by atoms with Gasteiger partial charge in [0.05, 0.1) is 11.3 Å². The minimum Gasteiger partial charge on any atom is -0.368 e. The number of aromatic nitrogens is 2. The second-order valence-corrected chi connectivity index (χ2v) is 7.01. The summed E-state index contributed by atoms with van der Waals surface area (Å²) in [5, 5.41) is 12.3. The van der Waals surface area contributed by atoms with Gasteiger partial charge in [0.25, 0.3) is 0 Å². The highest BCUT2D eigenvalue weighted by Gasteiger charge is 2.32. The molecular formula is C16H14F3N5OS2. The predicted molar refractivity (Wildman–Crippen MR) is 98.5 cm³/mol. The number of hydrogen-bond donors (Lipinski definition) is 2. The van der Waals surface area contributed by atoms with Crippen molar-refractivity contribution >= 4 is 41.1 Å². The first-order valence-electron chi connectivity index (χ1n) is 7.37. The molecule has 0 radical (unpaired) electrons. The van der Waals surface area contributed by atoms with Crippen molar-refractivity contribution in [3.8, 4) is 6.07 Å². The maximum absolute atomic E-state index is 13.0. The van der Waals surface area contributed by atoms with Crippen molar-refractivity contribution in [3.05, 3.63) is 34.9 Å². The predicted octanol–water partition coefficient (Wildman–Crippen LogP) is 3.71. The van der Waals surface area contributed by atoms with Gasteiger partial charge in [0.15, 0.2) is 0 Å². The number of benzene rings is 1. The van der Waals surface area contributed by atoms with Crippen LogP contribution < -0.4 is 11.1 Å². The van der Waals surface area contributed by atoms with Crippen molar-refractivity contribution < 1.29 is 18.0 Å². The van der Waals surface area contributed by atoms with E-state index in [0.29, 0.717) is 5.03 Å². The van der Waals surface area contributed by atoms with Crippen LogP contribution in [0.2, 0.25) is 0 Å². The number of nitrogens with two attached hydrogens (primary N) is 1. The van der Waals surface area contributed by atoms with E-state index in [9.17, 15) is 23.2 Å². The van der Waals surface area contributed by atoms with Crippen LogP contribution in [-0.2, 0) is 11.0 Å². The van der Waals surface area contributed by atoms with Crippen LogP contribution in [0.4, 0.5) is 24.8 Å². The normalized spacial score (nSPS) is 11.1. The van der Waals surface area contributed by atoms with Crippen LogP contribution in [0.25, 0.3) is 0 Å². The standard InChI is InChI=1S/C16H14F3N5OS2/c1-8-3-4-9(5-11(8)16(17,18)19)22-12(25)7-27-14-10(6-20)13(26-2)23-15(21)24-14/h3-5H,7H2,1-2H3,(H,22,25)(H2,21,23,24). The number of anilines is 2. The Morgan fingerprint density at radius 1 is 1.33 bits per heavy atom. The molecule has 142 valence electrons. The number of nitrogens with one attached hydrogen (secondary N) is 1. The van der Waals surface area contributed by atoms with E-state index in [1.165, 1.54) is 30.8 Å². The maximum atomic E-state index is 13.0. The Morgan fingerprint density at radius 2 is 2.00 bits per heavy atom. The summed E-state index contributed by atoms with van der Waals surface area (Å²) in [5.74, 6) is -0.730. The molecule has 1 amide bonds. The number of rotatable bonds is 5. The molecule has 0 aliphatic heterocycles. The number of aryl methyl sites for hydroxylation is 1. The van der Waals surface area contributed by atoms with Crippen LogP contribution in [-0.4, -0.2) is 27.9 Å². The van der Waals surface area contributed by atoms with E-state index in [1.807, 2.05) is 6.07 Å². The summed E-state index contributed by atoms with van der Waals surface area (Å²) < 4.78 is 38.9. The number of nitrogens with zero attached hydrogens (tertiary/aromatic N) is 3. The highest BCUT2D eigenvalue weighted by Crippen LogP contribution is 2.33. The fraction of sp³-hybridized carbons (Fsp3) is 0.250. The molecule has 1 heterocycles. The molecular weight excluding hydrogens is 399 g/mol. The van der Waals surface area contributed by atoms with Crippen LogP contribution in [0.5, 0.6) is 0 Å². The number of thioether (sulfide) groups is 2. The molecule has 2 rings (SSSR count). The molecule has 0 atom stereocenters. The number of halogens is 3. The van der Waals surface area contributed by atoms with Gasteiger partial charge in [-0.1, -0.05) is 17.8 Å². The summed E-state index contributed by atoms with van der Waals surface area (Å²) in [7, 11) is 0. The largest absolute Gasteiger partial charge is 0.416 e. The summed E-state index contributed by atoms with van der Waals surface area (Å²) in [6.07, 6.45) is -2.78. The van der Waals surface area contributed by atoms with Crippen molar-refractivity contribution in [2.45, 2.75) is 23.2 Å². The van der Waals surface area contributed by atoms with E-state index in [1.54, 1.807) is 6.26 Å². The first kappa shape index (κ1) is 20.9. The number of carbonyl (C=O) groups excluding carboxylic acids is 1. The van der Waals surface area contributed by atoms with Gasteiger partial charge in [-0.15, -0.1) is 11.8 Å². The van der Waals surface area contributed by atoms with Gasteiger partial charge in [0.2, 0.25) is 11.9 Å². The zero-order valence-electron chi connectivity index (χ0n) is 14.2. The number of nitriles is 1. The summed E-state index contributed by atoms with van der Waals surface area (Å²) in [5.41, 5.74) is 5.08.